The number of carbonyl (C=O) groups is 1. The minimum Gasteiger partial charge on any atom is -0.444 e. The van der Waals surface area contributed by atoms with Crippen LogP contribution >= 0.6 is 0 Å². The molecule has 1 aliphatic carbocycles. The van der Waals surface area contributed by atoms with Crippen molar-refractivity contribution in [2.24, 2.45) is 5.73 Å². The molecular formula is C18H16N8O3. The van der Waals surface area contributed by atoms with Crippen molar-refractivity contribution in [2.75, 3.05) is 0 Å². The quantitative estimate of drug-likeness (QED) is 0.510. The van der Waals surface area contributed by atoms with Crippen molar-refractivity contribution in [3.8, 4) is 28.5 Å². The van der Waals surface area contributed by atoms with Crippen molar-refractivity contribution in [2.45, 2.75) is 25.0 Å². The number of rotatable bonds is 5. The molecule has 146 valence electrons. The Morgan fingerprint density at radius 1 is 1.24 bits per heavy atom. The van der Waals surface area contributed by atoms with Gasteiger partial charge < -0.3 is 15.3 Å². The molecule has 0 aromatic carbocycles. The highest BCUT2D eigenvalue weighted by Gasteiger charge is 2.31. The second-order valence-corrected chi connectivity index (χ2v) is 6.79. The number of carbonyl (C=O) groups excluding carboxylic acids is 1. The fourth-order valence-corrected chi connectivity index (χ4v) is 3.20. The van der Waals surface area contributed by atoms with Gasteiger partial charge in [0, 0.05) is 18.6 Å². The summed E-state index contributed by atoms with van der Waals surface area (Å²) >= 11 is 0. The molecule has 1 fully saturated rings. The molecule has 1 aliphatic rings. The lowest BCUT2D eigenvalue weighted by Gasteiger charge is -2.31. The normalized spacial score (nSPS) is 18.5. The topological polar surface area (TPSA) is 151 Å². The number of oxazole rings is 1. The van der Waals surface area contributed by atoms with Crippen LogP contribution in [0.2, 0.25) is 0 Å². The predicted octanol–water partition coefficient (Wildman–Crippen LogP) is 0.975. The molecule has 1 amide bonds. The fourth-order valence-electron chi connectivity index (χ4n) is 3.20. The Balaban J connectivity index is 1.54. The maximum Gasteiger partial charge on any atom is 0.270 e. The second-order valence-electron chi connectivity index (χ2n) is 6.79. The summed E-state index contributed by atoms with van der Waals surface area (Å²) in [5.74, 6) is -0.429. The van der Waals surface area contributed by atoms with Crippen LogP contribution in [0.1, 0.15) is 29.4 Å². The average Bonchev–Trinajstić information content (AvgIpc) is 3.44. The molecule has 4 heterocycles. The van der Waals surface area contributed by atoms with Gasteiger partial charge in [-0.15, -0.1) is 0 Å². The van der Waals surface area contributed by atoms with E-state index in [0.29, 0.717) is 35.5 Å². The summed E-state index contributed by atoms with van der Waals surface area (Å²) < 4.78 is 8.78. The van der Waals surface area contributed by atoms with E-state index in [1.807, 2.05) is 10.9 Å². The lowest BCUT2D eigenvalue weighted by molar-refractivity contribution is 0.0435. The molecule has 0 unspecified atom stereocenters. The zero-order chi connectivity index (χ0) is 20.0. The zero-order valence-corrected chi connectivity index (χ0v) is 15.1. The Bertz CT molecular complexity index is 1170. The van der Waals surface area contributed by atoms with E-state index in [4.69, 9.17) is 10.2 Å². The first-order valence-electron chi connectivity index (χ1n) is 8.93. The Morgan fingerprint density at radius 2 is 2.10 bits per heavy atom. The predicted molar refractivity (Wildman–Crippen MR) is 98.7 cm³/mol. The van der Waals surface area contributed by atoms with E-state index in [-0.39, 0.29) is 23.7 Å². The molecule has 11 heteroatoms. The van der Waals surface area contributed by atoms with E-state index in [2.05, 4.69) is 25.1 Å². The minimum atomic E-state index is -0.665. The molecule has 0 spiro atoms. The SMILES string of the molecule is NC(=O)c1coc(-c2cnn(-c3cn(C4CC(O)C4)nc3-c3cnccn3)c2)n1. The molecule has 0 atom stereocenters. The number of aromatic nitrogens is 7. The summed E-state index contributed by atoms with van der Waals surface area (Å²) in [7, 11) is 0. The first kappa shape index (κ1) is 17.3. The largest absolute Gasteiger partial charge is 0.444 e. The molecule has 4 aromatic heterocycles. The Morgan fingerprint density at radius 3 is 2.79 bits per heavy atom. The van der Waals surface area contributed by atoms with Crippen LogP contribution in [-0.4, -0.2) is 51.6 Å². The summed E-state index contributed by atoms with van der Waals surface area (Å²) in [6.07, 6.45) is 12.2. The molecule has 0 radical (unpaired) electrons. The Labute approximate surface area is 163 Å². The summed E-state index contributed by atoms with van der Waals surface area (Å²) in [6, 6.07) is 0.120. The first-order chi connectivity index (χ1) is 14.1. The van der Waals surface area contributed by atoms with Crippen molar-refractivity contribution < 1.29 is 14.3 Å². The van der Waals surface area contributed by atoms with E-state index in [1.54, 1.807) is 35.7 Å². The number of nitrogens with zero attached hydrogens (tertiary/aromatic N) is 7. The van der Waals surface area contributed by atoms with Crippen LogP contribution in [0, 0.1) is 0 Å². The van der Waals surface area contributed by atoms with Gasteiger partial charge in [-0.25, -0.2) is 9.67 Å². The maximum absolute atomic E-state index is 11.2. The van der Waals surface area contributed by atoms with Crippen molar-refractivity contribution in [1.82, 2.24) is 34.5 Å². The van der Waals surface area contributed by atoms with E-state index >= 15 is 0 Å². The minimum absolute atomic E-state index is 0.0457. The van der Waals surface area contributed by atoms with Gasteiger partial charge in [0.15, 0.2) is 5.69 Å². The Hall–Kier alpha value is -3.86. The van der Waals surface area contributed by atoms with Crippen LogP contribution in [0.3, 0.4) is 0 Å². The number of amides is 1. The lowest BCUT2D eigenvalue weighted by Crippen LogP contribution is -2.31. The molecule has 3 N–H and O–H groups in total. The van der Waals surface area contributed by atoms with E-state index in [0.717, 1.165) is 0 Å². The molecule has 0 saturated heterocycles. The van der Waals surface area contributed by atoms with E-state index in [1.165, 1.54) is 6.26 Å². The molecular weight excluding hydrogens is 376 g/mol. The van der Waals surface area contributed by atoms with E-state index < -0.39 is 5.91 Å². The monoisotopic (exact) mass is 392 g/mol. The van der Waals surface area contributed by atoms with Gasteiger partial charge in [0.2, 0.25) is 5.89 Å². The first-order valence-corrected chi connectivity index (χ1v) is 8.93. The molecule has 0 aliphatic heterocycles. The zero-order valence-electron chi connectivity index (χ0n) is 15.1. The van der Waals surface area contributed by atoms with Crippen LogP contribution in [0.5, 0.6) is 0 Å². The maximum atomic E-state index is 11.2. The molecule has 1 saturated carbocycles. The van der Waals surface area contributed by atoms with Gasteiger partial charge in [0.1, 0.15) is 23.3 Å². The fraction of sp³-hybridized carbons (Fsp3) is 0.222. The van der Waals surface area contributed by atoms with Crippen LogP contribution in [0.15, 0.2) is 47.9 Å². The third-order valence-electron chi connectivity index (χ3n) is 4.81. The number of hydrogen-bond acceptors (Lipinski definition) is 8. The molecule has 0 bridgehead atoms. The van der Waals surface area contributed by atoms with Gasteiger partial charge in [0.25, 0.3) is 5.91 Å². The van der Waals surface area contributed by atoms with Crippen LogP contribution in [0.4, 0.5) is 0 Å². The van der Waals surface area contributed by atoms with Gasteiger partial charge >= 0.3 is 0 Å². The van der Waals surface area contributed by atoms with Crippen LogP contribution in [0.25, 0.3) is 28.5 Å². The molecule has 5 rings (SSSR count). The van der Waals surface area contributed by atoms with Crippen molar-refractivity contribution >= 4 is 5.91 Å². The van der Waals surface area contributed by atoms with Gasteiger partial charge in [0.05, 0.1) is 36.3 Å². The van der Waals surface area contributed by atoms with Crippen molar-refractivity contribution in [3.05, 3.63) is 49.1 Å². The summed E-state index contributed by atoms with van der Waals surface area (Å²) in [5.41, 5.74) is 7.75. The van der Waals surface area contributed by atoms with Gasteiger partial charge in [-0.05, 0) is 12.8 Å². The molecule has 29 heavy (non-hydrogen) atoms. The lowest BCUT2D eigenvalue weighted by atomic mass is 9.90. The number of nitrogens with two attached hydrogens (primary N) is 1. The summed E-state index contributed by atoms with van der Waals surface area (Å²) in [4.78, 5) is 23.8. The third kappa shape index (κ3) is 3.06. The number of aliphatic hydroxyl groups excluding tert-OH is 1. The third-order valence-corrected chi connectivity index (χ3v) is 4.81. The van der Waals surface area contributed by atoms with Gasteiger partial charge in [-0.2, -0.15) is 10.2 Å². The van der Waals surface area contributed by atoms with Crippen LogP contribution in [-0.2, 0) is 0 Å². The van der Waals surface area contributed by atoms with Gasteiger partial charge in [-0.1, -0.05) is 0 Å². The number of primary amides is 1. The number of hydrogen-bond donors (Lipinski definition) is 2. The highest BCUT2D eigenvalue weighted by Crippen LogP contribution is 2.34. The standard InChI is InChI=1S/C18H16N8O3/c19-17(28)14-9-29-18(23-14)10-5-22-26(7-10)15-8-25(11-3-12(27)4-11)24-16(15)13-6-20-1-2-21-13/h1-2,5-9,11-12,27H,3-4H2,(H2,19,28). The molecule has 4 aromatic rings. The molecule has 11 nitrogen and oxygen atoms in total. The van der Waals surface area contributed by atoms with Gasteiger partial charge in [-0.3, -0.25) is 19.4 Å². The summed E-state index contributed by atoms with van der Waals surface area (Å²) in [5, 5.41) is 18.7. The van der Waals surface area contributed by atoms with E-state index in [9.17, 15) is 9.90 Å². The second kappa shape index (κ2) is 6.63. The Kier molecular flexibility index (Phi) is 3.95. The number of aliphatic hydroxyl groups is 1. The summed E-state index contributed by atoms with van der Waals surface area (Å²) in [6.45, 7) is 0. The van der Waals surface area contributed by atoms with Crippen LogP contribution < -0.4 is 5.73 Å². The highest BCUT2D eigenvalue weighted by molar-refractivity contribution is 5.90. The smallest absolute Gasteiger partial charge is 0.270 e. The highest BCUT2D eigenvalue weighted by atomic mass is 16.3. The average molecular weight is 392 g/mol. The van der Waals surface area contributed by atoms with Crippen molar-refractivity contribution in [1.29, 1.82) is 0 Å². The van der Waals surface area contributed by atoms with Crippen molar-refractivity contribution in [3.63, 3.8) is 0 Å².